The molecule has 0 bridgehead atoms. The van der Waals surface area contributed by atoms with Crippen LogP contribution in [0.2, 0.25) is 0 Å². The number of carbonyl (C=O) groups excluding carboxylic acids is 1. The van der Waals surface area contributed by atoms with Gasteiger partial charge in [-0.05, 0) is 23.6 Å². The van der Waals surface area contributed by atoms with E-state index in [1.54, 1.807) is 0 Å². The number of aromatic amines is 1. The fraction of sp³-hybridized carbons (Fsp3) is 0.320. The molecule has 1 aliphatic rings. The van der Waals surface area contributed by atoms with Gasteiger partial charge in [-0.15, -0.1) is 0 Å². The van der Waals surface area contributed by atoms with Crippen molar-refractivity contribution in [3.63, 3.8) is 0 Å². The van der Waals surface area contributed by atoms with Crippen LogP contribution in [-0.4, -0.2) is 34.8 Å². The number of rotatable bonds is 7. The minimum absolute atomic E-state index is 0.134. The van der Waals surface area contributed by atoms with Crippen molar-refractivity contribution in [2.24, 2.45) is 5.92 Å². The Morgan fingerprint density at radius 2 is 1.85 bits per heavy atom. The second-order valence-electron chi connectivity index (χ2n) is 8.14. The van der Waals surface area contributed by atoms with E-state index in [2.05, 4.69) is 29.1 Å². The van der Waals surface area contributed by atoms with Gasteiger partial charge in [-0.3, -0.25) is 9.59 Å². The van der Waals surface area contributed by atoms with Crippen molar-refractivity contribution in [1.82, 2.24) is 15.3 Å². The lowest BCUT2D eigenvalue weighted by atomic mass is 9.95. The predicted octanol–water partition coefficient (Wildman–Crippen LogP) is 4.20. The smallest absolute Gasteiger partial charge is 0.252 e. The van der Waals surface area contributed by atoms with Crippen LogP contribution in [-0.2, 0) is 4.79 Å². The minimum atomic E-state index is -0.251. The van der Waals surface area contributed by atoms with Crippen LogP contribution in [0.1, 0.15) is 31.9 Å². The summed E-state index contributed by atoms with van der Waals surface area (Å²) in [5.41, 5.74) is 2.14. The number of amides is 1. The fourth-order valence-electron chi connectivity index (χ4n) is 3.62. The Hall–Kier alpha value is -3.26. The molecule has 33 heavy (non-hydrogen) atoms. The van der Waals surface area contributed by atoms with Gasteiger partial charge in [-0.1, -0.05) is 62.0 Å². The fourth-order valence-corrected chi connectivity index (χ4v) is 4.30. The molecule has 1 amide bonds. The van der Waals surface area contributed by atoms with Gasteiger partial charge in [-0.2, -0.15) is 0 Å². The molecule has 172 valence electrons. The topological polar surface area (TPSA) is 93.3 Å². The van der Waals surface area contributed by atoms with Gasteiger partial charge in [0.15, 0.2) is 16.7 Å². The van der Waals surface area contributed by atoms with Crippen molar-refractivity contribution in [1.29, 1.82) is 0 Å². The number of aromatic nitrogens is 2. The first kappa shape index (κ1) is 22.9. The van der Waals surface area contributed by atoms with Gasteiger partial charge in [0.05, 0.1) is 30.7 Å². The number of ether oxygens (including phenoxy) is 2. The number of fused-ring (bicyclic) bond motifs is 1. The number of hydrogen-bond acceptors (Lipinski definition) is 6. The maximum absolute atomic E-state index is 12.8. The minimum Gasteiger partial charge on any atom is -0.490 e. The zero-order valence-electron chi connectivity index (χ0n) is 18.7. The van der Waals surface area contributed by atoms with Gasteiger partial charge in [0.25, 0.3) is 5.56 Å². The quantitative estimate of drug-likeness (QED) is 0.401. The second kappa shape index (κ2) is 10.6. The summed E-state index contributed by atoms with van der Waals surface area (Å²) in [7, 11) is 0. The van der Waals surface area contributed by atoms with Gasteiger partial charge in [0.1, 0.15) is 0 Å². The first-order valence-electron chi connectivity index (χ1n) is 11.0. The molecule has 0 saturated heterocycles. The third-order valence-electron chi connectivity index (χ3n) is 5.24. The van der Waals surface area contributed by atoms with Crippen LogP contribution >= 0.6 is 11.8 Å². The molecule has 1 atom stereocenters. The number of nitrogens with zero attached hydrogens (tertiary/aromatic N) is 1. The Bertz CT molecular complexity index is 1160. The molecular weight excluding hydrogens is 438 g/mol. The van der Waals surface area contributed by atoms with Crippen molar-refractivity contribution in [2.45, 2.75) is 31.5 Å². The maximum atomic E-state index is 12.8. The lowest BCUT2D eigenvalue weighted by Gasteiger charge is -2.24. The number of thioether (sulfide) groups is 1. The van der Waals surface area contributed by atoms with Crippen LogP contribution in [0, 0.1) is 5.92 Å². The molecule has 0 radical (unpaired) electrons. The monoisotopic (exact) mass is 465 g/mol. The number of nitrogens with one attached hydrogen (secondary N) is 2. The van der Waals surface area contributed by atoms with Gasteiger partial charge >= 0.3 is 0 Å². The highest BCUT2D eigenvalue weighted by Crippen LogP contribution is 2.34. The van der Waals surface area contributed by atoms with Crippen molar-refractivity contribution >= 4 is 17.7 Å². The first-order chi connectivity index (χ1) is 16.0. The summed E-state index contributed by atoms with van der Waals surface area (Å²) < 4.78 is 11.5. The van der Waals surface area contributed by atoms with E-state index in [1.807, 2.05) is 48.5 Å². The van der Waals surface area contributed by atoms with E-state index in [4.69, 9.17) is 9.47 Å². The molecule has 3 aromatic rings. The third-order valence-corrected chi connectivity index (χ3v) is 6.12. The Labute approximate surface area is 196 Å². The zero-order chi connectivity index (χ0) is 23.2. The number of carbonyl (C=O) groups is 1. The molecule has 0 fully saturated rings. The Morgan fingerprint density at radius 3 is 2.61 bits per heavy atom. The molecular formula is C25H27N3O4S. The summed E-state index contributed by atoms with van der Waals surface area (Å²) in [6.07, 6.45) is 0.840. The van der Waals surface area contributed by atoms with Crippen molar-refractivity contribution in [3.8, 4) is 22.8 Å². The highest BCUT2D eigenvalue weighted by molar-refractivity contribution is 7.99. The molecule has 2 N–H and O–H groups in total. The average Bonchev–Trinajstić information content (AvgIpc) is 3.06. The summed E-state index contributed by atoms with van der Waals surface area (Å²) in [4.78, 5) is 32.1. The van der Waals surface area contributed by atoms with Crippen LogP contribution < -0.4 is 20.3 Å². The van der Waals surface area contributed by atoms with Crippen molar-refractivity contribution < 1.29 is 14.3 Å². The van der Waals surface area contributed by atoms with E-state index >= 15 is 0 Å². The first-order valence-corrected chi connectivity index (χ1v) is 12.0. The van der Waals surface area contributed by atoms with Crippen molar-refractivity contribution in [2.75, 3.05) is 19.0 Å². The summed E-state index contributed by atoms with van der Waals surface area (Å²) in [5, 5.41) is 3.52. The Kier molecular flexibility index (Phi) is 7.34. The van der Waals surface area contributed by atoms with Gasteiger partial charge in [0.2, 0.25) is 5.91 Å². The molecule has 2 aromatic carbocycles. The molecule has 1 aliphatic heterocycles. The standard InChI is InChI=1S/C25H27N3O4S/c1-16(2)24(18-9-10-20-21(13-18)32-12-6-11-31-20)27-23(30)15-33-25-26-19(14-22(29)28-25)17-7-4-3-5-8-17/h3-5,7-10,13-14,16,24H,6,11-12,15H2,1-2H3,(H,27,30)(H,26,28,29)/t24-/m1/s1. The lowest BCUT2D eigenvalue weighted by Crippen LogP contribution is -2.33. The van der Waals surface area contributed by atoms with Gasteiger partial charge < -0.3 is 19.8 Å². The molecule has 4 rings (SSSR count). The summed E-state index contributed by atoms with van der Waals surface area (Å²) in [6.45, 7) is 5.36. The van der Waals surface area contributed by atoms with Crippen LogP contribution in [0.15, 0.2) is 64.5 Å². The summed E-state index contributed by atoms with van der Waals surface area (Å²) >= 11 is 1.20. The number of hydrogen-bond donors (Lipinski definition) is 2. The molecule has 0 saturated carbocycles. The van der Waals surface area contributed by atoms with Crippen molar-refractivity contribution in [3.05, 3.63) is 70.5 Å². The number of benzene rings is 2. The van der Waals surface area contributed by atoms with E-state index in [0.29, 0.717) is 29.8 Å². The second-order valence-corrected chi connectivity index (χ2v) is 9.10. The predicted molar refractivity (Wildman–Crippen MR) is 129 cm³/mol. The molecule has 0 spiro atoms. The molecule has 7 nitrogen and oxygen atoms in total. The third kappa shape index (κ3) is 5.96. The SMILES string of the molecule is CC(C)[C@@H](NC(=O)CSc1nc(-c2ccccc2)cc(=O)[nH]1)c1ccc2c(c1)OCCCO2. The normalized spacial score (nSPS) is 13.9. The highest BCUT2D eigenvalue weighted by Gasteiger charge is 2.21. The van der Waals surface area contributed by atoms with Gasteiger partial charge in [-0.25, -0.2) is 4.98 Å². The summed E-state index contributed by atoms with van der Waals surface area (Å²) in [6, 6.07) is 16.6. The molecule has 0 aliphatic carbocycles. The summed E-state index contributed by atoms with van der Waals surface area (Å²) in [5.74, 6) is 1.60. The van der Waals surface area contributed by atoms with E-state index < -0.39 is 0 Å². The van der Waals surface area contributed by atoms with Gasteiger partial charge in [0, 0.05) is 18.1 Å². The van der Waals surface area contributed by atoms with E-state index in [0.717, 1.165) is 23.3 Å². The zero-order valence-corrected chi connectivity index (χ0v) is 19.5. The highest BCUT2D eigenvalue weighted by atomic mass is 32.2. The van der Waals surface area contributed by atoms with Crippen LogP contribution in [0.4, 0.5) is 0 Å². The Morgan fingerprint density at radius 1 is 1.09 bits per heavy atom. The largest absolute Gasteiger partial charge is 0.490 e. The van der Waals surface area contributed by atoms with Crippen LogP contribution in [0.25, 0.3) is 11.3 Å². The average molecular weight is 466 g/mol. The van der Waals surface area contributed by atoms with Crippen LogP contribution in [0.5, 0.6) is 11.5 Å². The molecule has 8 heteroatoms. The molecule has 1 aromatic heterocycles. The van der Waals surface area contributed by atoms with E-state index in [9.17, 15) is 9.59 Å². The Balaban J connectivity index is 1.44. The lowest BCUT2D eigenvalue weighted by molar-refractivity contribution is -0.119. The van der Waals surface area contributed by atoms with E-state index in [-0.39, 0.29) is 29.2 Å². The van der Waals surface area contributed by atoms with E-state index in [1.165, 1.54) is 17.8 Å². The maximum Gasteiger partial charge on any atom is 0.252 e. The van der Waals surface area contributed by atoms with Crippen LogP contribution in [0.3, 0.4) is 0 Å². The number of H-pyrrole nitrogens is 1. The molecule has 2 heterocycles. The molecule has 0 unspecified atom stereocenters.